The first-order valence-electron chi connectivity index (χ1n) is 7.51. The fourth-order valence-electron chi connectivity index (χ4n) is 2.25. The first kappa shape index (κ1) is 18.0. The molecule has 0 spiro atoms. The molecule has 1 amide bonds. The smallest absolute Gasteiger partial charge is 0.238 e. The van der Waals surface area contributed by atoms with Gasteiger partial charge in [0.05, 0.1) is 4.90 Å². The van der Waals surface area contributed by atoms with Gasteiger partial charge in [0.2, 0.25) is 15.9 Å². The molecular weight excluding hydrogens is 328 g/mol. The second kappa shape index (κ2) is 7.94. The van der Waals surface area contributed by atoms with Crippen molar-refractivity contribution in [3.05, 3.63) is 59.7 Å². The molecule has 2 rings (SSSR count). The van der Waals surface area contributed by atoms with Gasteiger partial charge < -0.3 is 10.4 Å². The Morgan fingerprint density at radius 2 is 1.71 bits per heavy atom. The standard InChI is InChI=1S/C17H20N2O4S/c18-24(22,23)15-8-5-13(6-9-15)11-12-19-17(21)10-7-14-3-1-2-4-16(14)20/h1-6,8-9,20H,7,10-12H2,(H,19,21)(H2,18,22,23). The Labute approximate surface area is 141 Å². The topological polar surface area (TPSA) is 109 Å². The summed E-state index contributed by atoms with van der Waals surface area (Å²) in [6.45, 7) is 0.453. The third kappa shape index (κ3) is 5.36. The molecule has 0 bridgehead atoms. The van der Waals surface area contributed by atoms with Crippen LogP contribution in [0.3, 0.4) is 0 Å². The van der Waals surface area contributed by atoms with E-state index in [0.717, 1.165) is 11.1 Å². The van der Waals surface area contributed by atoms with Gasteiger partial charge in [-0.25, -0.2) is 13.6 Å². The predicted molar refractivity (Wildman–Crippen MR) is 91.0 cm³/mol. The van der Waals surface area contributed by atoms with Crippen LogP contribution in [0.2, 0.25) is 0 Å². The maximum absolute atomic E-state index is 11.8. The van der Waals surface area contributed by atoms with E-state index in [1.165, 1.54) is 12.1 Å². The minimum absolute atomic E-state index is 0.0676. The molecule has 7 heteroatoms. The molecule has 0 heterocycles. The first-order valence-corrected chi connectivity index (χ1v) is 9.06. The molecule has 0 saturated heterocycles. The Hall–Kier alpha value is -2.38. The highest BCUT2D eigenvalue weighted by atomic mass is 32.2. The summed E-state index contributed by atoms with van der Waals surface area (Å²) in [6.07, 6.45) is 1.36. The summed E-state index contributed by atoms with van der Waals surface area (Å²) in [6, 6.07) is 13.2. The number of phenols is 1. The molecule has 128 valence electrons. The number of hydrogen-bond acceptors (Lipinski definition) is 4. The lowest BCUT2D eigenvalue weighted by molar-refractivity contribution is -0.121. The molecule has 2 aromatic carbocycles. The number of sulfonamides is 1. The summed E-state index contributed by atoms with van der Waals surface area (Å²) in [5, 5.41) is 17.5. The quantitative estimate of drug-likeness (QED) is 0.701. The van der Waals surface area contributed by atoms with Crippen molar-refractivity contribution in [1.29, 1.82) is 0 Å². The van der Waals surface area contributed by atoms with E-state index in [0.29, 0.717) is 25.8 Å². The van der Waals surface area contributed by atoms with Crippen LogP contribution in [0.4, 0.5) is 0 Å². The van der Waals surface area contributed by atoms with Gasteiger partial charge in [0.1, 0.15) is 5.75 Å². The molecule has 2 aromatic rings. The summed E-state index contributed by atoms with van der Waals surface area (Å²) in [5.41, 5.74) is 1.65. The number of rotatable bonds is 7. The van der Waals surface area contributed by atoms with Gasteiger partial charge in [-0.3, -0.25) is 4.79 Å². The Kier molecular flexibility index (Phi) is 5.94. The molecule has 0 atom stereocenters. The third-order valence-corrected chi connectivity index (χ3v) is 4.53. The van der Waals surface area contributed by atoms with Crippen molar-refractivity contribution in [2.75, 3.05) is 6.54 Å². The van der Waals surface area contributed by atoms with Crippen LogP contribution in [0.15, 0.2) is 53.4 Å². The zero-order valence-corrected chi connectivity index (χ0v) is 13.9. The fourth-order valence-corrected chi connectivity index (χ4v) is 2.77. The number of para-hydroxylation sites is 1. The fraction of sp³-hybridized carbons (Fsp3) is 0.235. The number of aromatic hydroxyl groups is 1. The number of carbonyl (C=O) groups is 1. The molecule has 0 aliphatic carbocycles. The molecule has 6 nitrogen and oxygen atoms in total. The van der Waals surface area contributed by atoms with Crippen LogP contribution in [0, 0.1) is 0 Å². The lowest BCUT2D eigenvalue weighted by Gasteiger charge is -2.07. The van der Waals surface area contributed by atoms with E-state index in [-0.39, 0.29) is 16.6 Å². The SMILES string of the molecule is NS(=O)(=O)c1ccc(CCNC(=O)CCc2ccccc2O)cc1. The van der Waals surface area contributed by atoms with E-state index in [2.05, 4.69) is 5.32 Å². The maximum atomic E-state index is 11.8. The van der Waals surface area contributed by atoms with E-state index in [1.54, 1.807) is 30.3 Å². The predicted octanol–water partition coefficient (Wildman–Crippen LogP) is 1.33. The van der Waals surface area contributed by atoms with E-state index in [1.807, 2.05) is 6.07 Å². The van der Waals surface area contributed by atoms with Gasteiger partial charge in [0.15, 0.2) is 0 Å². The summed E-state index contributed by atoms with van der Waals surface area (Å²) < 4.78 is 22.3. The van der Waals surface area contributed by atoms with Crippen LogP contribution in [0.25, 0.3) is 0 Å². The Morgan fingerprint density at radius 3 is 2.33 bits per heavy atom. The van der Waals surface area contributed by atoms with Gasteiger partial charge >= 0.3 is 0 Å². The number of phenolic OH excluding ortho intramolecular Hbond substituents is 1. The van der Waals surface area contributed by atoms with Crippen LogP contribution < -0.4 is 10.5 Å². The van der Waals surface area contributed by atoms with Gasteiger partial charge in [-0.15, -0.1) is 0 Å². The molecule has 0 aromatic heterocycles. The third-order valence-electron chi connectivity index (χ3n) is 3.60. The van der Waals surface area contributed by atoms with Crippen LogP contribution in [0.5, 0.6) is 5.75 Å². The largest absolute Gasteiger partial charge is 0.508 e. The van der Waals surface area contributed by atoms with Crippen LogP contribution >= 0.6 is 0 Å². The second-order valence-corrected chi connectivity index (χ2v) is 6.98. The number of nitrogens with one attached hydrogen (secondary N) is 1. The molecule has 24 heavy (non-hydrogen) atoms. The van der Waals surface area contributed by atoms with Crippen molar-refractivity contribution in [3.63, 3.8) is 0 Å². The molecular formula is C17H20N2O4S. The van der Waals surface area contributed by atoms with E-state index in [9.17, 15) is 18.3 Å². The van der Waals surface area contributed by atoms with E-state index < -0.39 is 10.0 Å². The van der Waals surface area contributed by atoms with Crippen molar-refractivity contribution in [2.24, 2.45) is 5.14 Å². The summed E-state index contributed by atoms with van der Waals surface area (Å²) in [7, 11) is -3.68. The monoisotopic (exact) mass is 348 g/mol. The van der Waals surface area contributed by atoms with E-state index >= 15 is 0 Å². The number of aryl methyl sites for hydroxylation is 1. The lowest BCUT2D eigenvalue weighted by atomic mass is 10.1. The summed E-state index contributed by atoms with van der Waals surface area (Å²) in [4.78, 5) is 11.9. The van der Waals surface area contributed by atoms with Gasteiger partial charge in [-0.05, 0) is 42.2 Å². The molecule has 0 saturated carbocycles. The number of hydrogen-bond donors (Lipinski definition) is 3. The zero-order valence-electron chi connectivity index (χ0n) is 13.1. The molecule has 0 aliphatic heterocycles. The van der Waals surface area contributed by atoms with Crippen molar-refractivity contribution in [2.45, 2.75) is 24.2 Å². The molecule has 0 radical (unpaired) electrons. The van der Waals surface area contributed by atoms with E-state index in [4.69, 9.17) is 5.14 Å². The normalized spacial score (nSPS) is 11.2. The first-order chi connectivity index (χ1) is 11.4. The molecule has 0 fully saturated rings. The average molecular weight is 348 g/mol. The highest BCUT2D eigenvalue weighted by molar-refractivity contribution is 7.89. The zero-order chi connectivity index (χ0) is 17.6. The van der Waals surface area contributed by atoms with Gasteiger partial charge in [0, 0.05) is 13.0 Å². The van der Waals surface area contributed by atoms with Crippen LogP contribution in [-0.4, -0.2) is 26.0 Å². The number of nitrogens with two attached hydrogens (primary N) is 1. The Balaban J connectivity index is 1.75. The van der Waals surface area contributed by atoms with Gasteiger partial charge in [0.25, 0.3) is 0 Å². The number of benzene rings is 2. The number of primary sulfonamides is 1. The van der Waals surface area contributed by atoms with Crippen molar-refractivity contribution >= 4 is 15.9 Å². The van der Waals surface area contributed by atoms with Crippen molar-refractivity contribution < 1.29 is 18.3 Å². The Morgan fingerprint density at radius 1 is 1.04 bits per heavy atom. The maximum Gasteiger partial charge on any atom is 0.238 e. The van der Waals surface area contributed by atoms with Gasteiger partial charge in [-0.1, -0.05) is 30.3 Å². The second-order valence-electron chi connectivity index (χ2n) is 5.42. The minimum Gasteiger partial charge on any atom is -0.508 e. The summed E-state index contributed by atoms with van der Waals surface area (Å²) >= 11 is 0. The van der Waals surface area contributed by atoms with Gasteiger partial charge in [-0.2, -0.15) is 0 Å². The lowest BCUT2D eigenvalue weighted by Crippen LogP contribution is -2.25. The minimum atomic E-state index is -3.68. The highest BCUT2D eigenvalue weighted by Crippen LogP contribution is 2.17. The van der Waals surface area contributed by atoms with Crippen LogP contribution in [-0.2, 0) is 27.7 Å². The summed E-state index contributed by atoms with van der Waals surface area (Å²) in [5.74, 6) is 0.0969. The number of carbonyl (C=O) groups excluding carboxylic acids is 1. The highest BCUT2D eigenvalue weighted by Gasteiger charge is 2.07. The van der Waals surface area contributed by atoms with Crippen LogP contribution in [0.1, 0.15) is 17.5 Å². The molecule has 0 aliphatic rings. The van der Waals surface area contributed by atoms with Crippen molar-refractivity contribution in [1.82, 2.24) is 5.32 Å². The average Bonchev–Trinajstić information content (AvgIpc) is 2.54. The number of amides is 1. The molecule has 0 unspecified atom stereocenters. The molecule has 4 N–H and O–H groups in total. The van der Waals surface area contributed by atoms with Crippen molar-refractivity contribution in [3.8, 4) is 5.75 Å². The Bertz CT molecular complexity index is 802.